The van der Waals surface area contributed by atoms with Crippen LogP contribution < -0.4 is 4.74 Å². The normalized spacial score (nSPS) is 16.3. The first-order valence-electron chi connectivity index (χ1n) is 8.02. The number of benzene rings is 1. The van der Waals surface area contributed by atoms with Crippen LogP contribution in [0.4, 0.5) is 8.78 Å². The van der Waals surface area contributed by atoms with Crippen molar-refractivity contribution in [1.29, 1.82) is 0 Å². The van der Waals surface area contributed by atoms with Crippen LogP contribution in [0.2, 0.25) is 0 Å². The Labute approximate surface area is 140 Å². The molecule has 4 nitrogen and oxygen atoms in total. The summed E-state index contributed by atoms with van der Waals surface area (Å²) in [5.74, 6) is -0.325. The minimum atomic E-state index is -0.334. The van der Waals surface area contributed by atoms with E-state index in [1.54, 1.807) is 18.3 Å². The molecule has 0 amide bonds. The second kappa shape index (κ2) is 7.68. The number of methoxy groups -OCH3 is 1. The lowest BCUT2D eigenvalue weighted by molar-refractivity contribution is 0.120. The van der Waals surface area contributed by atoms with Crippen LogP contribution in [0.3, 0.4) is 0 Å². The molecule has 128 valence electrons. The molecule has 0 spiro atoms. The Kier molecular flexibility index (Phi) is 5.37. The molecule has 0 bridgehead atoms. The highest BCUT2D eigenvalue weighted by molar-refractivity contribution is 5.29. The fourth-order valence-corrected chi connectivity index (χ4v) is 2.92. The van der Waals surface area contributed by atoms with Gasteiger partial charge in [-0.3, -0.25) is 14.8 Å². The third kappa shape index (κ3) is 4.07. The van der Waals surface area contributed by atoms with Crippen molar-refractivity contribution >= 4 is 0 Å². The van der Waals surface area contributed by atoms with Crippen LogP contribution >= 0.6 is 0 Å². The Morgan fingerprint density at radius 2 is 1.71 bits per heavy atom. The summed E-state index contributed by atoms with van der Waals surface area (Å²) in [5.41, 5.74) is 1.42. The zero-order valence-electron chi connectivity index (χ0n) is 13.7. The van der Waals surface area contributed by atoms with Crippen molar-refractivity contribution in [1.82, 2.24) is 14.8 Å². The topological polar surface area (TPSA) is 28.6 Å². The molecule has 1 saturated heterocycles. The predicted molar refractivity (Wildman–Crippen MR) is 87.7 cm³/mol. The fourth-order valence-electron chi connectivity index (χ4n) is 2.92. The molecule has 3 rings (SSSR count). The van der Waals surface area contributed by atoms with Crippen molar-refractivity contribution in [2.45, 2.75) is 13.1 Å². The molecule has 1 aromatic heterocycles. The van der Waals surface area contributed by atoms with Gasteiger partial charge < -0.3 is 4.74 Å². The van der Waals surface area contributed by atoms with Crippen LogP contribution in [0, 0.1) is 11.6 Å². The third-order valence-corrected chi connectivity index (χ3v) is 4.30. The molecule has 1 aliphatic rings. The van der Waals surface area contributed by atoms with Crippen LogP contribution in [0.15, 0.2) is 36.5 Å². The molecule has 1 aromatic carbocycles. The Morgan fingerprint density at radius 1 is 1.00 bits per heavy atom. The molecule has 2 heterocycles. The summed E-state index contributed by atoms with van der Waals surface area (Å²) in [4.78, 5) is 8.56. The molecular weight excluding hydrogens is 312 g/mol. The van der Waals surface area contributed by atoms with E-state index in [1.807, 2.05) is 6.07 Å². The van der Waals surface area contributed by atoms with Gasteiger partial charge in [0.15, 0.2) is 11.6 Å². The van der Waals surface area contributed by atoms with Gasteiger partial charge in [0.25, 0.3) is 0 Å². The van der Waals surface area contributed by atoms with E-state index in [1.165, 1.54) is 19.2 Å². The molecule has 1 fully saturated rings. The minimum absolute atomic E-state index is 0.256. The number of aromatic nitrogens is 1. The van der Waals surface area contributed by atoms with E-state index in [4.69, 9.17) is 4.74 Å². The molecule has 0 N–H and O–H groups in total. The Morgan fingerprint density at radius 3 is 2.33 bits per heavy atom. The lowest BCUT2D eigenvalue weighted by atomic mass is 10.1. The van der Waals surface area contributed by atoms with Gasteiger partial charge in [0.2, 0.25) is 0 Å². The van der Waals surface area contributed by atoms with Gasteiger partial charge in [0.1, 0.15) is 5.82 Å². The summed E-state index contributed by atoms with van der Waals surface area (Å²) < 4.78 is 32.4. The van der Waals surface area contributed by atoms with Crippen molar-refractivity contribution in [3.63, 3.8) is 0 Å². The Balaban J connectivity index is 1.52. The van der Waals surface area contributed by atoms with Crippen LogP contribution in [-0.4, -0.2) is 48.1 Å². The van der Waals surface area contributed by atoms with Gasteiger partial charge in [-0.05, 0) is 29.8 Å². The molecule has 0 atom stereocenters. The second-order valence-electron chi connectivity index (χ2n) is 5.95. The van der Waals surface area contributed by atoms with Crippen LogP contribution in [0.5, 0.6) is 5.75 Å². The quantitative estimate of drug-likeness (QED) is 0.841. The van der Waals surface area contributed by atoms with Gasteiger partial charge in [-0.2, -0.15) is 0 Å². The van der Waals surface area contributed by atoms with Gasteiger partial charge in [-0.15, -0.1) is 0 Å². The van der Waals surface area contributed by atoms with Gasteiger partial charge in [-0.1, -0.05) is 6.07 Å². The number of hydrogen-bond acceptors (Lipinski definition) is 4. The largest absolute Gasteiger partial charge is 0.494 e. The lowest BCUT2D eigenvalue weighted by Gasteiger charge is -2.34. The van der Waals surface area contributed by atoms with Gasteiger partial charge in [-0.25, -0.2) is 8.78 Å². The minimum Gasteiger partial charge on any atom is -0.494 e. The fraction of sp³-hybridized carbons (Fsp3) is 0.389. The number of ether oxygens (including phenoxy) is 1. The molecule has 0 unspecified atom stereocenters. The maximum absolute atomic E-state index is 13.8. The van der Waals surface area contributed by atoms with Crippen LogP contribution in [-0.2, 0) is 13.1 Å². The summed E-state index contributed by atoms with van der Waals surface area (Å²) >= 11 is 0. The monoisotopic (exact) mass is 333 g/mol. The standard InChI is InChI=1S/C18H21F2N3O/c1-24-18-5-4-14(11-16(18)20)12-22-7-9-23(10-8-22)13-17-15(19)3-2-6-21-17/h2-6,11H,7-10,12-13H2,1H3. The summed E-state index contributed by atoms with van der Waals surface area (Å²) in [6.45, 7) is 4.64. The summed E-state index contributed by atoms with van der Waals surface area (Å²) in [7, 11) is 1.46. The highest BCUT2D eigenvalue weighted by Gasteiger charge is 2.19. The zero-order chi connectivity index (χ0) is 16.9. The van der Waals surface area contributed by atoms with E-state index in [9.17, 15) is 8.78 Å². The molecule has 24 heavy (non-hydrogen) atoms. The SMILES string of the molecule is COc1ccc(CN2CCN(Cc3ncccc3F)CC2)cc1F. The number of halogens is 2. The maximum atomic E-state index is 13.8. The third-order valence-electron chi connectivity index (χ3n) is 4.30. The number of hydrogen-bond donors (Lipinski definition) is 0. The van der Waals surface area contributed by atoms with Crippen molar-refractivity contribution in [3.05, 3.63) is 59.4 Å². The first-order valence-corrected chi connectivity index (χ1v) is 8.02. The summed E-state index contributed by atoms with van der Waals surface area (Å²) in [6, 6.07) is 8.11. The lowest BCUT2D eigenvalue weighted by Crippen LogP contribution is -2.45. The summed E-state index contributed by atoms with van der Waals surface area (Å²) in [6.07, 6.45) is 1.62. The molecule has 0 saturated carbocycles. The zero-order valence-corrected chi connectivity index (χ0v) is 13.7. The van der Waals surface area contributed by atoms with Crippen molar-refractivity contribution in [2.75, 3.05) is 33.3 Å². The van der Waals surface area contributed by atoms with Gasteiger partial charge in [0.05, 0.1) is 12.8 Å². The van der Waals surface area contributed by atoms with Crippen LogP contribution in [0.25, 0.3) is 0 Å². The van der Waals surface area contributed by atoms with Crippen molar-refractivity contribution in [3.8, 4) is 5.75 Å². The molecule has 0 radical (unpaired) electrons. The molecule has 0 aliphatic carbocycles. The highest BCUT2D eigenvalue weighted by atomic mass is 19.1. The first kappa shape index (κ1) is 16.8. The molecule has 1 aliphatic heterocycles. The average molecular weight is 333 g/mol. The second-order valence-corrected chi connectivity index (χ2v) is 5.95. The first-order chi connectivity index (χ1) is 11.7. The van der Waals surface area contributed by atoms with E-state index in [0.717, 1.165) is 31.7 Å². The predicted octanol–water partition coefficient (Wildman–Crippen LogP) is 2.69. The van der Waals surface area contributed by atoms with Crippen molar-refractivity contribution in [2.24, 2.45) is 0 Å². The van der Waals surface area contributed by atoms with Gasteiger partial charge in [0, 0.05) is 45.5 Å². The Hall–Kier alpha value is -2.05. The molecule has 2 aromatic rings. The molecule has 6 heteroatoms. The highest BCUT2D eigenvalue weighted by Crippen LogP contribution is 2.19. The number of piperazine rings is 1. The van der Waals surface area contributed by atoms with E-state index >= 15 is 0 Å². The molecular formula is C18H21F2N3O. The van der Waals surface area contributed by atoms with Gasteiger partial charge >= 0.3 is 0 Å². The van der Waals surface area contributed by atoms with E-state index < -0.39 is 0 Å². The smallest absolute Gasteiger partial charge is 0.165 e. The number of rotatable bonds is 5. The van der Waals surface area contributed by atoms with E-state index in [2.05, 4.69) is 14.8 Å². The van der Waals surface area contributed by atoms with Crippen molar-refractivity contribution < 1.29 is 13.5 Å². The number of pyridine rings is 1. The number of nitrogens with zero attached hydrogens (tertiary/aromatic N) is 3. The average Bonchev–Trinajstić information content (AvgIpc) is 2.59. The van der Waals surface area contributed by atoms with E-state index in [0.29, 0.717) is 18.8 Å². The van der Waals surface area contributed by atoms with E-state index in [-0.39, 0.29) is 17.4 Å². The summed E-state index contributed by atoms with van der Waals surface area (Å²) in [5, 5.41) is 0. The maximum Gasteiger partial charge on any atom is 0.165 e. The Bertz CT molecular complexity index is 688. The van der Waals surface area contributed by atoms with Crippen LogP contribution in [0.1, 0.15) is 11.3 Å².